The third-order valence-electron chi connectivity index (χ3n) is 1.99. The highest BCUT2D eigenvalue weighted by Gasteiger charge is 1.99. The molecule has 0 fully saturated rings. The van der Waals surface area contributed by atoms with Gasteiger partial charge in [0.2, 0.25) is 0 Å². The van der Waals surface area contributed by atoms with Crippen LogP contribution >= 0.6 is 0 Å². The van der Waals surface area contributed by atoms with Gasteiger partial charge in [0, 0.05) is 17.8 Å². The van der Waals surface area contributed by atoms with Crippen molar-refractivity contribution in [3.63, 3.8) is 0 Å². The lowest BCUT2D eigenvalue weighted by Crippen LogP contribution is -1.78. The van der Waals surface area contributed by atoms with E-state index in [9.17, 15) is 0 Å². The maximum atomic E-state index is 4.25. The Hall–Kier alpha value is -1.57. The number of H-pyrrole nitrogens is 1. The maximum Gasteiger partial charge on any atom is 0.137 e. The van der Waals surface area contributed by atoms with Gasteiger partial charge in [-0.3, -0.25) is 0 Å². The van der Waals surface area contributed by atoms with Crippen LogP contribution < -0.4 is 0 Å². The number of pyridine rings is 1. The summed E-state index contributed by atoms with van der Waals surface area (Å²) in [5.41, 5.74) is 3.23. The number of rotatable bonds is 1. The van der Waals surface area contributed by atoms with Crippen molar-refractivity contribution < 1.29 is 0 Å². The molecule has 0 atom stereocenters. The lowest BCUT2D eigenvalue weighted by molar-refractivity contribution is 1.32. The van der Waals surface area contributed by atoms with E-state index in [0.717, 1.165) is 11.2 Å². The van der Waals surface area contributed by atoms with Crippen molar-refractivity contribution in [1.82, 2.24) is 9.97 Å². The summed E-state index contributed by atoms with van der Waals surface area (Å²) in [5, 5.41) is 1.17. The Kier molecular flexibility index (Phi) is 1.47. The second-order valence-electron chi connectivity index (χ2n) is 2.84. The van der Waals surface area contributed by atoms with Crippen molar-refractivity contribution in [2.45, 2.75) is 6.92 Å². The topological polar surface area (TPSA) is 28.7 Å². The highest BCUT2D eigenvalue weighted by Crippen LogP contribution is 2.16. The molecule has 2 aromatic heterocycles. The van der Waals surface area contributed by atoms with Crippen LogP contribution in [0.4, 0.5) is 0 Å². The number of aromatic amines is 1. The SMILES string of the molecule is C=Cc1cnc2[nH]cc(C)c2c1. The van der Waals surface area contributed by atoms with E-state index in [0.29, 0.717) is 0 Å². The van der Waals surface area contributed by atoms with E-state index in [-0.39, 0.29) is 0 Å². The molecule has 12 heavy (non-hydrogen) atoms. The van der Waals surface area contributed by atoms with Gasteiger partial charge in [0.05, 0.1) is 0 Å². The van der Waals surface area contributed by atoms with Crippen LogP contribution in [-0.4, -0.2) is 9.97 Å². The van der Waals surface area contributed by atoms with Crippen molar-refractivity contribution in [1.29, 1.82) is 0 Å². The monoisotopic (exact) mass is 158 g/mol. The fraction of sp³-hybridized carbons (Fsp3) is 0.100. The van der Waals surface area contributed by atoms with Crippen LogP contribution in [0.1, 0.15) is 11.1 Å². The zero-order chi connectivity index (χ0) is 8.55. The minimum Gasteiger partial charge on any atom is -0.346 e. The zero-order valence-corrected chi connectivity index (χ0v) is 6.96. The summed E-state index contributed by atoms with van der Waals surface area (Å²) in [7, 11) is 0. The molecular weight excluding hydrogens is 148 g/mol. The first-order valence-corrected chi connectivity index (χ1v) is 3.87. The van der Waals surface area contributed by atoms with Gasteiger partial charge in [0.15, 0.2) is 0 Å². The van der Waals surface area contributed by atoms with Crippen molar-refractivity contribution in [2.75, 3.05) is 0 Å². The van der Waals surface area contributed by atoms with E-state index in [4.69, 9.17) is 0 Å². The second-order valence-corrected chi connectivity index (χ2v) is 2.84. The lowest BCUT2D eigenvalue weighted by Gasteiger charge is -1.93. The van der Waals surface area contributed by atoms with Gasteiger partial charge in [-0.2, -0.15) is 0 Å². The maximum absolute atomic E-state index is 4.25. The van der Waals surface area contributed by atoms with Crippen LogP contribution in [0.15, 0.2) is 25.0 Å². The van der Waals surface area contributed by atoms with Gasteiger partial charge in [-0.25, -0.2) is 4.98 Å². The van der Waals surface area contributed by atoms with E-state index >= 15 is 0 Å². The fourth-order valence-electron chi connectivity index (χ4n) is 1.26. The van der Waals surface area contributed by atoms with Gasteiger partial charge >= 0.3 is 0 Å². The number of aromatic nitrogens is 2. The first-order chi connectivity index (χ1) is 5.81. The number of hydrogen-bond donors (Lipinski definition) is 1. The van der Waals surface area contributed by atoms with Gasteiger partial charge in [-0.15, -0.1) is 0 Å². The molecule has 0 spiro atoms. The molecule has 2 heterocycles. The van der Waals surface area contributed by atoms with E-state index in [1.54, 1.807) is 6.08 Å². The van der Waals surface area contributed by atoms with Crippen molar-refractivity contribution in [3.05, 3.63) is 36.2 Å². The normalized spacial score (nSPS) is 10.4. The average molecular weight is 158 g/mol. The number of fused-ring (bicyclic) bond motifs is 1. The van der Waals surface area contributed by atoms with Crippen LogP contribution in [0.3, 0.4) is 0 Å². The first kappa shape index (κ1) is 7.10. The summed E-state index contributed by atoms with van der Waals surface area (Å²) in [5.74, 6) is 0. The van der Waals surface area contributed by atoms with Crippen LogP contribution in [0.25, 0.3) is 17.1 Å². The van der Waals surface area contributed by atoms with Crippen LogP contribution in [0.5, 0.6) is 0 Å². The number of aryl methyl sites for hydroxylation is 1. The molecule has 1 N–H and O–H groups in total. The second kappa shape index (κ2) is 2.48. The predicted octanol–water partition coefficient (Wildman–Crippen LogP) is 2.51. The summed E-state index contributed by atoms with van der Waals surface area (Å²) in [6.45, 7) is 5.76. The Balaban J connectivity index is 2.79. The van der Waals surface area contributed by atoms with E-state index in [1.807, 2.05) is 12.4 Å². The third kappa shape index (κ3) is 0.925. The molecule has 60 valence electrons. The van der Waals surface area contributed by atoms with Crippen LogP contribution in [-0.2, 0) is 0 Å². The zero-order valence-electron chi connectivity index (χ0n) is 6.96. The highest BCUT2D eigenvalue weighted by molar-refractivity contribution is 5.81. The Bertz CT molecular complexity index is 426. The molecule has 0 aliphatic carbocycles. The molecule has 0 radical (unpaired) electrons. The molecule has 0 bridgehead atoms. The quantitative estimate of drug-likeness (QED) is 0.678. The Morgan fingerprint density at radius 2 is 2.42 bits per heavy atom. The highest BCUT2D eigenvalue weighted by atomic mass is 14.8. The molecule has 2 nitrogen and oxygen atoms in total. The van der Waals surface area contributed by atoms with E-state index < -0.39 is 0 Å². The Morgan fingerprint density at radius 1 is 1.58 bits per heavy atom. The van der Waals surface area contributed by atoms with Crippen LogP contribution in [0.2, 0.25) is 0 Å². The van der Waals surface area contributed by atoms with Gasteiger partial charge in [-0.05, 0) is 24.1 Å². The molecule has 0 saturated carbocycles. The molecule has 0 saturated heterocycles. The minimum atomic E-state index is 0.943. The van der Waals surface area contributed by atoms with Crippen LogP contribution in [0, 0.1) is 6.92 Å². The summed E-state index contributed by atoms with van der Waals surface area (Å²) < 4.78 is 0. The smallest absolute Gasteiger partial charge is 0.137 e. The predicted molar refractivity (Wildman–Crippen MR) is 50.9 cm³/mol. The fourth-order valence-corrected chi connectivity index (χ4v) is 1.26. The average Bonchev–Trinajstić information content (AvgIpc) is 2.47. The first-order valence-electron chi connectivity index (χ1n) is 3.87. The van der Waals surface area contributed by atoms with Crippen molar-refractivity contribution >= 4 is 17.1 Å². The third-order valence-corrected chi connectivity index (χ3v) is 1.99. The molecule has 2 aromatic rings. The molecular formula is C10H10N2. The molecule has 0 aromatic carbocycles. The van der Waals surface area contributed by atoms with Crippen molar-refractivity contribution in [2.24, 2.45) is 0 Å². The lowest BCUT2D eigenvalue weighted by atomic mass is 10.2. The summed E-state index contributed by atoms with van der Waals surface area (Å²) >= 11 is 0. The van der Waals surface area contributed by atoms with Gasteiger partial charge < -0.3 is 4.98 Å². The van der Waals surface area contributed by atoms with E-state index in [1.165, 1.54) is 10.9 Å². The molecule has 0 aliphatic heterocycles. The summed E-state index contributed by atoms with van der Waals surface area (Å²) in [6, 6.07) is 2.08. The molecule has 0 unspecified atom stereocenters. The van der Waals surface area contributed by atoms with Crippen molar-refractivity contribution in [3.8, 4) is 0 Å². The summed E-state index contributed by atoms with van der Waals surface area (Å²) in [4.78, 5) is 7.34. The van der Waals surface area contributed by atoms with Gasteiger partial charge in [0.1, 0.15) is 5.65 Å². The Labute approximate surface area is 70.9 Å². The molecule has 2 heteroatoms. The largest absolute Gasteiger partial charge is 0.346 e. The van der Waals surface area contributed by atoms with E-state index in [2.05, 4.69) is 29.5 Å². The standard InChI is InChI=1S/C10H10N2/c1-3-8-4-9-7(2)5-11-10(9)12-6-8/h3-6H,1H2,2H3,(H,11,12). The number of nitrogens with one attached hydrogen (secondary N) is 1. The number of hydrogen-bond acceptors (Lipinski definition) is 1. The van der Waals surface area contributed by atoms with Gasteiger partial charge in [0.25, 0.3) is 0 Å². The molecule has 2 rings (SSSR count). The van der Waals surface area contributed by atoms with Gasteiger partial charge in [-0.1, -0.05) is 12.7 Å². The Morgan fingerprint density at radius 3 is 3.17 bits per heavy atom. The summed E-state index contributed by atoms with van der Waals surface area (Å²) in [6.07, 6.45) is 5.58. The molecule has 0 amide bonds. The molecule has 0 aliphatic rings. The number of nitrogens with zero attached hydrogens (tertiary/aromatic N) is 1. The minimum absolute atomic E-state index is 0.943.